The minimum Gasteiger partial charge on any atom is -0.484 e. The first kappa shape index (κ1) is 17.4. The highest BCUT2D eigenvalue weighted by Gasteiger charge is 2.14. The lowest BCUT2D eigenvalue weighted by atomic mass is 10.3. The van der Waals surface area contributed by atoms with E-state index in [0.717, 1.165) is 0 Å². The van der Waals surface area contributed by atoms with Crippen molar-refractivity contribution in [2.24, 2.45) is 0 Å². The molecule has 0 saturated carbocycles. The van der Waals surface area contributed by atoms with E-state index in [1.54, 1.807) is 36.4 Å². The topological polar surface area (TPSA) is 110 Å². The number of carbonyl (C=O) groups is 3. The average molecular weight is 352 g/mol. The molecule has 0 aliphatic heterocycles. The summed E-state index contributed by atoms with van der Waals surface area (Å²) < 4.78 is 10.2. The summed E-state index contributed by atoms with van der Waals surface area (Å²) in [6, 6.07) is 9.71. The lowest BCUT2D eigenvalue weighted by Gasteiger charge is -2.08. The zero-order chi connectivity index (χ0) is 17.4. The maximum Gasteiger partial charge on any atom is 0.327 e. The van der Waals surface area contributed by atoms with Crippen LogP contribution in [0.4, 0.5) is 0 Å². The van der Waals surface area contributed by atoms with E-state index in [1.807, 2.05) is 5.43 Å². The summed E-state index contributed by atoms with van der Waals surface area (Å²) in [6.45, 7) is -0.275. The summed E-state index contributed by atoms with van der Waals surface area (Å²) >= 11 is 5.72. The molecule has 8 nitrogen and oxygen atoms in total. The molecule has 0 radical (unpaired) electrons. The van der Waals surface area contributed by atoms with Crippen LogP contribution in [0, 0.1) is 0 Å². The van der Waals surface area contributed by atoms with Crippen molar-refractivity contribution in [1.29, 1.82) is 0 Å². The van der Waals surface area contributed by atoms with E-state index in [-0.39, 0.29) is 13.2 Å². The van der Waals surface area contributed by atoms with Gasteiger partial charge in [-0.3, -0.25) is 25.2 Å². The lowest BCUT2D eigenvalue weighted by molar-refractivity contribution is -0.141. The minimum absolute atomic E-state index is 0.0624. The Labute approximate surface area is 142 Å². The molecule has 1 aromatic heterocycles. The van der Waals surface area contributed by atoms with Gasteiger partial charge in [0.15, 0.2) is 6.61 Å². The van der Waals surface area contributed by atoms with E-state index < -0.39 is 17.7 Å². The van der Waals surface area contributed by atoms with Crippen molar-refractivity contribution in [3.05, 3.63) is 53.4 Å². The monoisotopic (exact) mass is 351 g/mol. The molecule has 0 unspecified atom stereocenters. The largest absolute Gasteiger partial charge is 0.484 e. The molecule has 1 heterocycles. The number of benzene rings is 1. The van der Waals surface area contributed by atoms with Crippen molar-refractivity contribution in [2.75, 3.05) is 6.61 Å². The van der Waals surface area contributed by atoms with E-state index in [1.165, 1.54) is 6.26 Å². The molecular weight excluding hydrogens is 338 g/mol. The summed E-state index contributed by atoms with van der Waals surface area (Å²) in [4.78, 5) is 34.5. The lowest BCUT2D eigenvalue weighted by Crippen LogP contribution is -2.49. The van der Waals surface area contributed by atoms with Crippen LogP contribution in [0.1, 0.15) is 5.76 Å². The van der Waals surface area contributed by atoms with Gasteiger partial charge in [-0.25, -0.2) is 0 Å². The summed E-state index contributed by atoms with van der Waals surface area (Å²) in [5, 5.41) is 2.87. The molecule has 3 N–H and O–H groups in total. The third-order valence-electron chi connectivity index (χ3n) is 2.71. The van der Waals surface area contributed by atoms with Crippen molar-refractivity contribution >= 4 is 29.3 Å². The second-order valence-corrected chi connectivity index (χ2v) is 4.94. The fraction of sp³-hybridized carbons (Fsp3) is 0.133. The molecular formula is C15H14ClN3O5. The van der Waals surface area contributed by atoms with E-state index in [0.29, 0.717) is 16.5 Å². The van der Waals surface area contributed by atoms with Crippen LogP contribution >= 0.6 is 11.6 Å². The number of amides is 3. The molecule has 0 fully saturated rings. The van der Waals surface area contributed by atoms with Gasteiger partial charge < -0.3 is 14.5 Å². The molecule has 2 rings (SSSR count). The summed E-state index contributed by atoms with van der Waals surface area (Å²) in [7, 11) is 0. The first-order chi connectivity index (χ1) is 11.5. The van der Waals surface area contributed by atoms with Gasteiger partial charge in [-0.2, -0.15) is 0 Å². The van der Waals surface area contributed by atoms with Gasteiger partial charge in [0.25, 0.3) is 5.91 Å². The van der Waals surface area contributed by atoms with Gasteiger partial charge in [0.1, 0.15) is 11.5 Å². The third kappa shape index (κ3) is 5.65. The van der Waals surface area contributed by atoms with Crippen LogP contribution < -0.4 is 20.9 Å². The Hall–Kier alpha value is -3.00. The van der Waals surface area contributed by atoms with E-state index in [2.05, 4.69) is 10.7 Å². The molecule has 0 aliphatic carbocycles. The van der Waals surface area contributed by atoms with Gasteiger partial charge in [-0.05, 0) is 36.4 Å². The number of furan rings is 1. The molecule has 0 atom stereocenters. The highest BCUT2D eigenvalue weighted by Crippen LogP contribution is 2.15. The molecule has 0 spiro atoms. The average Bonchev–Trinajstić information content (AvgIpc) is 3.10. The van der Waals surface area contributed by atoms with Gasteiger partial charge in [0, 0.05) is 5.02 Å². The Morgan fingerprint density at radius 2 is 1.79 bits per heavy atom. The molecule has 0 aliphatic rings. The fourth-order valence-corrected chi connectivity index (χ4v) is 1.69. The molecule has 24 heavy (non-hydrogen) atoms. The van der Waals surface area contributed by atoms with Crippen LogP contribution in [0.15, 0.2) is 47.1 Å². The quantitative estimate of drug-likeness (QED) is 0.544. The number of carbonyl (C=O) groups excluding carboxylic acids is 3. The number of hydrazine groups is 1. The number of hydrogen-bond donors (Lipinski definition) is 3. The highest BCUT2D eigenvalue weighted by atomic mass is 35.5. The van der Waals surface area contributed by atoms with Crippen molar-refractivity contribution in [1.82, 2.24) is 16.2 Å². The zero-order valence-corrected chi connectivity index (χ0v) is 13.1. The van der Waals surface area contributed by atoms with Crippen LogP contribution in [0.5, 0.6) is 5.75 Å². The van der Waals surface area contributed by atoms with Crippen LogP contribution in [-0.4, -0.2) is 24.3 Å². The number of hydrogen-bond acceptors (Lipinski definition) is 5. The maximum absolute atomic E-state index is 11.5. The van der Waals surface area contributed by atoms with Crippen LogP contribution in [0.25, 0.3) is 0 Å². The number of nitrogens with one attached hydrogen (secondary N) is 3. The Kier molecular flexibility index (Phi) is 6.21. The standard InChI is InChI=1S/C15H14ClN3O5/c16-10-3-5-11(6-4-10)24-9-13(20)18-19-15(22)14(21)17-8-12-2-1-7-23-12/h1-7H,8-9H2,(H,17,21)(H,18,20)(H,19,22). The van der Waals surface area contributed by atoms with Crippen molar-refractivity contribution < 1.29 is 23.5 Å². The Morgan fingerprint density at radius 1 is 1.04 bits per heavy atom. The van der Waals surface area contributed by atoms with Crippen molar-refractivity contribution in [3.8, 4) is 5.75 Å². The van der Waals surface area contributed by atoms with Crippen LogP contribution in [-0.2, 0) is 20.9 Å². The van der Waals surface area contributed by atoms with E-state index in [4.69, 9.17) is 20.8 Å². The molecule has 2 aromatic rings. The number of halogens is 1. The van der Waals surface area contributed by atoms with E-state index >= 15 is 0 Å². The van der Waals surface area contributed by atoms with Gasteiger partial charge in [0.05, 0.1) is 12.8 Å². The summed E-state index contributed by atoms with van der Waals surface area (Å²) in [6.07, 6.45) is 1.45. The van der Waals surface area contributed by atoms with Crippen LogP contribution in [0.2, 0.25) is 5.02 Å². The molecule has 0 bridgehead atoms. The van der Waals surface area contributed by atoms with Crippen molar-refractivity contribution in [2.45, 2.75) is 6.54 Å². The first-order valence-electron chi connectivity index (χ1n) is 6.82. The predicted octanol–water partition coefficient (Wildman–Crippen LogP) is 0.776. The second kappa shape index (κ2) is 8.59. The summed E-state index contributed by atoms with van der Waals surface area (Å²) in [5.74, 6) is -1.61. The third-order valence-corrected chi connectivity index (χ3v) is 2.96. The zero-order valence-electron chi connectivity index (χ0n) is 12.4. The fourth-order valence-electron chi connectivity index (χ4n) is 1.56. The normalized spacial score (nSPS) is 9.88. The molecule has 3 amide bonds. The Morgan fingerprint density at radius 3 is 2.46 bits per heavy atom. The molecule has 0 saturated heterocycles. The Bertz CT molecular complexity index is 700. The predicted molar refractivity (Wildman–Crippen MR) is 83.8 cm³/mol. The minimum atomic E-state index is -1.01. The van der Waals surface area contributed by atoms with Crippen LogP contribution in [0.3, 0.4) is 0 Å². The smallest absolute Gasteiger partial charge is 0.327 e. The number of ether oxygens (including phenoxy) is 1. The van der Waals surface area contributed by atoms with Gasteiger partial charge in [-0.15, -0.1) is 0 Å². The summed E-state index contributed by atoms with van der Waals surface area (Å²) in [5.41, 5.74) is 4.04. The molecule has 126 valence electrons. The molecule has 9 heteroatoms. The molecule has 1 aromatic carbocycles. The van der Waals surface area contributed by atoms with Gasteiger partial charge >= 0.3 is 11.8 Å². The van der Waals surface area contributed by atoms with Gasteiger partial charge in [0.2, 0.25) is 0 Å². The Balaban J connectivity index is 1.65. The maximum atomic E-state index is 11.5. The number of rotatable bonds is 5. The van der Waals surface area contributed by atoms with Gasteiger partial charge in [-0.1, -0.05) is 11.6 Å². The second-order valence-electron chi connectivity index (χ2n) is 4.51. The van der Waals surface area contributed by atoms with Crippen molar-refractivity contribution in [3.63, 3.8) is 0 Å². The SMILES string of the molecule is O=C(COc1ccc(Cl)cc1)NNC(=O)C(=O)NCc1ccco1. The first-order valence-corrected chi connectivity index (χ1v) is 7.20. The highest BCUT2D eigenvalue weighted by molar-refractivity contribution is 6.35. The van der Waals surface area contributed by atoms with E-state index in [9.17, 15) is 14.4 Å².